The monoisotopic (exact) mass is 391 g/mol. The Balaban J connectivity index is 2.05. The number of hydrogen-bond donors (Lipinski definition) is 0. The quantitative estimate of drug-likeness (QED) is 0.550. The maximum Gasteiger partial charge on any atom is 0.159 e. The third kappa shape index (κ3) is 3.35. The highest BCUT2D eigenvalue weighted by Crippen LogP contribution is 2.46. The van der Waals surface area contributed by atoms with Crippen LogP contribution in [0.4, 0.5) is 0 Å². The maximum atomic E-state index is 12.3. The van der Waals surface area contributed by atoms with Gasteiger partial charge in [-0.25, -0.2) is 0 Å². The zero-order valence-corrected chi connectivity index (χ0v) is 17.5. The largest absolute Gasteiger partial charge is 0.295 e. The molecular formula is C25H26ClNO. The lowest BCUT2D eigenvalue weighted by Crippen LogP contribution is -2.16. The van der Waals surface area contributed by atoms with Gasteiger partial charge in [-0.1, -0.05) is 29.8 Å². The number of benzene rings is 1. The second-order valence-electron chi connectivity index (χ2n) is 7.97. The van der Waals surface area contributed by atoms with E-state index in [0.717, 1.165) is 46.7 Å². The fraction of sp³-hybridized carbons (Fsp3) is 0.360. The number of ketones is 1. The smallest absolute Gasteiger partial charge is 0.159 e. The molecule has 0 aliphatic heterocycles. The Morgan fingerprint density at radius 3 is 2.68 bits per heavy atom. The molecule has 0 atom stereocenters. The minimum Gasteiger partial charge on any atom is -0.295 e. The fourth-order valence-electron chi connectivity index (χ4n) is 4.79. The summed E-state index contributed by atoms with van der Waals surface area (Å²) in [6, 6.07) is 6.06. The number of rotatable bonds is 4. The Bertz CT molecular complexity index is 1020. The number of nitrogens with zero attached hydrogens (tertiary/aromatic N) is 1. The van der Waals surface area contributed by atoms with Crippen LogP contribution < -0.4 is 0 Å². The van der Waals surface area contributed by atoms with Crippen molar-refractivity contribution in [3.8, 4) is 11.1 Å². The first-order valence-corrected chi connectivity index (χ1v) is 10.5. The molecule has 1 aromatic heterocycles. The molecule has 2 aliphatic carbocycles. The van der Waals surface area contributed by atoms with Crippen LogP contribution in [0.1, 0.15) is 60.2 Å². The Morgan fingerprint density at radius 2 is 1.93 bits per heavy atom. The molecule has 0 amide bonds. The average Bonchev–Trinajstić information content (AvgIpc) is 2.69. The van der Waals surface area contributed by atoms with E-state index in [4.69, 9.17) is 16.6 Å². The topological polar surface area (TPSA) is 30.0 Å². The van der Waals surface area contributed by atoms with E-state index in [0.29, 0.717) is 6.42 Å². The van der Waals surface area contributed by atoms with Crippen LogP contribution in [0.15, 0.2) is 36.4 Å². The highest BCUT2D eigenvalue weighted by atomic mass is 35.5. The molecule has 0 N–H and O–H groups in total. The molecule has 1 aromatic carbocycles. The summed E-state index contributed by atoms with van der Waals surface area (Å²) in [5.41, 5.74) is 11.1. The summed E-state index contributed by atoms with van der Waals surface area (Å²) in [5.74, 6) is 0.0337. The summed E-state index contributed by atoms with van der Waals surface area (Å²) in [6.07, 6.45) is 8.70. The van der Waals surface area contributed by atoms with E-state index >= 15 is 0 Å². The van der Waals surface area contributed by atoms with Crippen molar-refractivity contribution in [2.24, 2.45) is 0 Å². The first kappa shape index (κ1) is 19.1. The molecule has 2 aliphatic rings. The van der Waals surface area contributed by atoms with Gasteiger partial charge in [-0.2, -0.15) is 0 Å². The van der Waals surface area contributed by atoms with Crippen molar-refractivity contribution in [2.45, 2.75) is 58.8 Å². The lowest BCUT2D eigenvalue weighted by atomic mass is 9.75. The van der Waals surface area contributed by atoms with E-state index in [1.54, 1.807) is 5.57 Å². The molecule has 0 bridgehead atoms. The third-order valence-electron chi connectivity index (χ3n) is 6.16. The summed E-state index contributed by atoms with van der Waals surface area (Å²) in [6.45, 7) is 7.81. The van der Waals surface area contributed by atoms with Gasteiger partial charge in [0.25, 0.3) is 0 Å². The molecule has 0 spiro atoms. The predicted octanol–water partition coefficient (Wildman–Crippen LogP) is 6.59. The predicted molar refractivity (Wildman–Crippen MR) is 117 cm³/mol. The maximum absolute atomic E-state index is 12.3. The van der Waals surface area contributed by atoms with Crippen LogP contribution in [0.2, 0.25) is 5.02 Å². The molecule has 0 saturated carbocycles. The Labute approximate surface area is 172 Å². The molecule has 28 heavy (non-hydrogen) atoms. The molecule has 0 saturated heterocycles. The van der Waals surface area contributed by atoms with Gasteiger partial charge in [-0.15, -0.1) is 0 Å². The van der Waals surface area contributed by atoms with Gasteiger partial charge in [-0.3, -0.25) is 9.78 Å². The standard InChI is InChI=1S/C25H26ClNO/c1-4-19(28)14-22-16(3)27-23-12-9-17-7-5-6-8-21(17)25(23)24(22)20-11-10-18(26)13-15(20)2/h4,10-11,13H,1,5-9,12,14H2,2-3H3. The highest BCUT2D eigenvalue weighted by molar-refractivity contribution is 6.30. The van der Waals surface area contributed by atoms with Crippen molar-refractivity contribution in [1.82, 2.24) is 4.98 Å². The van der Waals surface area contributed by atoms with E-state index in [9.17, 15) is 4.79 Å². The molecule has 0 unspecified atom stereocenters. The Kier molecular flexibility index (Phi) is 5.25. The summed E-state index contributed by atoms with van der Waals surface area (Å²) >= 11 is 6.25. The van der Waals surface area contributed by atoms with E-state index in [-0.39, 0.29) is 5.78 Å². The number of fused-ring (bicyclic) bond motifs is 2. The van der Waals surface area contributed by atoms with Gasteiger partial charge in [0, 0.05) is 28.4 Å². The van der Waals surface area contributed by atoms with E-state index in [1.165, 1.54) is 47.7 Å². The van der Waals surface area contributed by atoms with Crippen LogP contribution in [0, 0.1) is 13.8 Å². The van der Waals surface area contributed by atoms with Gasteiger partial charge in [0.2, 0.25) is 0 Å². The second kappa shape index (κ2) is 7.67. The summed E-state index contributed by atoms with van der Waals surface area (Å²) in [4.78, 5) is 17.3. The lowest BCUT2D eigenvalue weighted by Gasteiger charge is -2.31. The molecule has 144 valence electrons. The fourth-order valence-corrected chi connectivity index (χ4v) is 5.02. The molecular weight excluding hydrogens is 366 g/mol. The minimum atomic E-state index is 0.0337. The molecule has 2 aromatic rings. The molecule has 1 heterocycles. The first-order chi connectivity index (χ1) is 13.5. The van der Waals surface area contributed by atoms with Crippen molar-refractivity contribution in [1.29, 1.82) is 0 Å². The number of halogens is 1. The number of pyridine rings is 1. The van der Waals surface area contributed by atoms with Crippen LogP contribution in [0.3, 0.4) is 0 Å². The molecule has 0 radical (unpaired) electrons. The number of aryl methyl sites for hydroxylation is 3. The molecule has 2 nitrogen and oxygen atoms in total. The third-order valence-corrected chi connectivity index (χ3v) is 6.40. The van der Waals surface area contributed by atoms with Crippen LogP contribution >= 0.6 is 11.6 Å². The highest BCUT2D eigenvalue weighted by Gasteiger charge is 2.29. The number of carbonyl (C=O) groups excluding carboxylic acids is 1. The van der Waals surface area contributed by atoms with Crippen molar-refractivity contribution in [3.63, 3.8) is 0 Å². The summed E-state index contributed by atoms with van der Waals surface area (Å²) in [5, 5.41) is 0.738. The zero-order chi connectivity index (χ0) is 19.8. The number of hydrogen-bond acceptors (Lipinski definition) is 2. The molecule has 3 heteroatoms. The summed E-state index contributed by atoms with van der Waals surface area (Å²) in [7, 11) is 0. The van der Waals surface area contributed by atoms with Crippen LogP contribution in [0.25, 0.3) is 16.7 Å². The van der Waals surface area contributed by atoms with Crippen molar-refractivity contribution < 1.29 is 4.79 Å². The average molecular weight is 392 g/mol. The van der Waals surface area contributed by atoms with Crippen LogP contribution in [0.5, 0.6) is 0 Å². The zero-order valence-electron chi connectivity index (χ0n) is 16.7. The molecule has 0 fully saturated rings. The Morgan fingerprint density at radius 1 is 1.14 bits per heavy atom. The van der Waals surface area contributed by atoms with Crippen molar-refractivity contribution in [2.75, 3.05) is 0 Å². The first-order valence-electron chi connectivity index (χ1n) is 10.1. The van der Waals surface area contributed by atoms with Gasteiger partial charge in [0.05, 0.1) is 0 Å². The van der Waals surface area contributed by atoms with Gasteiger partial charge >= 0.3 is 0 Å². The number of carbonyl (C=O) groups is 1. The molecule has 4 rings (SSSR count). The van der Waals surface area contributed by atoms with Gasteiger partial charge in [0.1, 0.15) is 0 Å². The van der Waals surface area contributed by atoms with Crippen LogP contribution in [-0.2, 0) is 17.6 Å². The van der Waals surface area contributed by atoms with Crippen LogP contribution in [-0.4, -0.2) is 10.8 Å². The second-order valence-corrected chi connectivity index (χ2v) is 8.40. The minimum absolute atomic E-state index is 0.0337. The Hall–Kier alpha value is -2.19. The van der Waals surface area contributed by atoms with Gasteiger partial charge < -0.3 is 0 Å². The summed E-state index contributed by atoms with van der Waals surface area (Å²) < 4.78 is 0. The number of aromatic nitrogens is 1. The number of allylic oxidation sites excluding steroid dienone is 3. The van der Waals surface area contributed by atoms with Crippen molar-refractivity contribution >= 4 is 23.0 Å². The van der Waals surface area contributed by atoms with Crippen molar-refractivity contribution in [3.05, 3.63) is 69.5 Å². The lowest BCUT2D eigenvalue weighted by molar-refractivity contribution is -0.114. The normalized spacial score (nSPS) is 15.8. The van der Waals surface area contributed by atoms with Gasteiger partial charge in [-0.05, 0) is 98.4 Å². The SMILES string of the molecule is C=CC(=O)Cc1c(C)nc2c(c1-c1ccc(Cl)cc1C)C1=C(CCCC1)CC2. The van der Waals surface area contributed by atoms with E-state index in [2.05, 4.69) is 19.6 Å². The van der Waals surface area contributed by atoms with E-state index < -0.39 is 0 Å². The van der Waals surface area contributed by atoms with Gasteiger partial charge in [0.15, 0.2) is 5.78 Å². The van der Waals surface area contributed by atoms with E-state index in [1.807, 2.05) is 19.1 Å².